The van der Waals surface area contributed by atoms with Gasteiger partial charge in [-0.05, 0) is 19.9 Å². The molecule has 21 heavy (non-hydrogen) atoms. The first kappa shape index (κ1) is 15.5. The van der Waals surface area contributed by atoms with Crippen LogP contribution in [0, 0.1) is 15.9 Å². The van der Waals surface area contributed by atoms with Crippen molar-refractivity contribution in [2.75, 3.05) is 37.0 Å². The molecule has 0 amide bonds. The van der Waals surface area contributed by atoms with Crippen LogP contribution in [0.1, 0.15) is 13.8 Å². The Kier molecular flexibility index (Phi) is 4.32. The number of halogens is 1. The zero-order chi connectivity index (χ0) is 15.7. The van der Waals surface area contributed by atoms with Crippen LogP contribution in [0.15, 0.2) is 12.1 Å². The molecule has 2 unspecified atom stereocenters. The van der Waals surface area contributed by atoms with Gasteiger partial charge in [0.05, 0.1) is 28.9 Å². The van der Waals surface area contributed by atoms with Gasteiger partial charge in [0.15, 0.2) is 5.82 Å². The molecular formula is C14H20FN3O3. The highest BCUT2D eigenvalue weighted by molar-refractivity contribution is 5.70. The summed E-state index contributed by atoms with van der Waals surface area (Å²) in [6, 6.07) is 2.54. The summed E-state index contributed by atoms with van der Waals surface area (Å²) in [5, 5.41) is 11.0. The van der Waals surface area contributed by atoms with Crippen molar-refractivity contribution in [2.45, 2.75) is 26.1 Å². The second-order valence-corrected chi connectivity index (χ2v) is 5.61. The van der Waals surface area contributed by atoms with Gasteiger partial charge in [-0.25, -0.2) is 4.39 Å². The van der Waals surface area contributed by atoms with Crippen LogP contribution >= 0.6 is 0 Å². The molecule has 6 nitrogen and oxygen atoms in total. The van der Waals surface area contributed by atoms with E-state index in [-0.39, 0.29) is 17.9 Å². The lowest BCUT2D eigenvalue weighted by atomic mass is 10.1. The Morgan fingerprint density at radius 1 is 1.33 bits per heavy atom. The van der Waals surface area contributed by atoms with Crippen LogP contribution < -0.4 is 9.80 Å². The van der Waals surface area contributed by atoms with E-state index >= 15 is 0 Å². The van der Waals surface area contributed by atoms with Gasteiger partial charge in [0.25, 0.3) is 5.69 Å². The molecule has 0 bridgehead atoms. The number of ether oxygens (including phenoxy) is 1. The van der Waals surface area contributed by atoms with Crippen LogP contribution in [0.3, 0.4) is 0 Å². The Bertz CT molecular complexity index is 541. The number of benzene rings is 1. The molecule has 0 spiro atoms. The summed E-state index contributed by atoms with van der Waals surface area (Å²) < 4.78 is 19.9. The van der Waals surface area contributed by atoms with Crippen LogP contribution in [0.4, 0.5) is 21.5 Å². The molecule has 1 aromatic carbocycles. The molecule has 0 aromatic heterocycles. The third-order valence-electron chi connectivity index (χ3n) is 3.48. The van der Waals surface area contributed by atoms with E-state index in [1.807, 2.05) is 18.7 Å². The Morgan fingerprint density at radius 3 is 2.38 bits per heavy atom. The standard InChI is InChI=1S/C14H20FN3O3/c1-9-7-17(8-10(2)21-9)12-6-13(16(3)4)14(18(19)20)5-11(12)15/h5-6,9-10H,7-8H2,1-4H3. The van der Waals surface area contributed by atoms with Crippen LogP contribution in [0.25, 0.3) is 0 Å². The number of rotatable bonds is 3. The minimum Gasteiger partial charge on any atom is -0.372 e. The molecule has 7 heteroatoms. The van der Waals surface area contributed by atoms with E-state index in [0.29, 0.717) is 24.5 Å². The van der Waals surface area contributed by atoms with Crippen LogP contribution in [-0.2, 0) is 4.74 Å². The average Bonchev–Trinajstić information content (AvgIpc) is 2.36. The minimum absolute atomic E-state index is 0.00820. The molecule has 1 aliphatic rings. The molecule has 2 rings (SSSR count). The fourth-order valence-electron chi connectivity index (χ4n) is 2.66. The summed E-state index contributed by atoms with van der Waals surface area (Å²) in [5.74, 6) is -0.575. The predicted molar refractivity (Wildman–Crippen MR) is 79.6 cm³/mol. The summed E-state index contributed by atoms with van der Waals surface area (Å²) in [5.41, 5.74) is 0.546. The first-order chi connectivity index (χ1) is 9.79. The van der Waals surface area contributed by atoms with Gasteiger partial charge in [-0.3, -0.25) is 10.1 Å². The quantitative estimate of drug-likeness (QED) is 0.633. The van der Waals surface area contributed by atoms with Crippen LogP contribution in [0.5, 0.6) is 0 Å². The van der Waals surface area contributed by atoms with Crippen molar-refractivity contribution in [3.8, 4) is 0 Å². The highest BCUT2D eigenvalue weighted by Crippen LogP contribution is 2.35. The number of anilines is 2. The lowest BCUT2D eigenvalue weighted by Gasteiger charge is -2.37. The zero-order valence-corrected chi connectivity index (χ0v) is 12.7. The number of hydrogen-bond acceptors (Lipinski definition) is 5. The van der Waals surface area contributed by atoms with E-state index in [0.717, 1.165) is 6.07 Å². The summed E-state index contributed by atoms with van der Waals surface area (Å²) in [6.07, 6.45) is -0.0164. The van der Waals surface area contributed by atoms with Gasteiger partial charge in [-0.1, -0.05) is 0 Å². The SMILES string of the molecule is CC1CN(c2cc(N(C)C)c([N+](=O)[O-])cc2F)CC(C)O1. The Balaban J connectivity index is 2.44. The van der Waals surface area contributed by atoms with Crippen molar-refractivity contribution in [2.24, 2.45) is 0 Å². The normalized spacial score (nSPS) is 22.2. The van der Waals surface area contributed by atoms with Gasteiger partial charge in [-0.15, -0.1) is 0 Å². The number of morpholine rings is 1. The molecule has 1 saturated heterocycles. The summed E-state index contributed by atoms with van der Waals surface area (Å²) >= 11 is 0. The van der Waals surface area contributed by atoms with Crippen molar-refractivity contribution >= 4 is 17.1 Å². The lowest BCUT2D eigenvalue weighted by Crippen LogP contribution is -2.45. The maximum absolute atomic E-state index is 14.3. The number of nitro groups is 1. The van der Waals surface area contributed by atoms with Crippen molar-refractivity contribution in [1.82, 2.24) is 0 Å². The maximum atomic E-state index is 14.3. The van der Waals surface area contributed by atoms with E-state index in [2.05, 4.69) is 0 Å². The zero-order valence-electron chi connectivity index (χ0n) is 12.7. The van der Waals surface area contributed by atoms with Crippen molar-refractivity contribution in [3.05, 3.63) is 28.1 Å². The monoisotopic (exact) mass is 297 g/mol. The van der Waals surface area contributed by atoms with Gasteiger partial charge in [0.1, 0.15) is 5.69 Å². The van der Waals surface area contributed by atoms with Gasteiger partial charge in [0, 0.05) is 27.2 Å². The Hall–Kier alpha value is -1.89. The van der Waals surface area contributed by atoms with Crippen LogP contribution in [0.2, 0.25) is 0 Å². The lowest BCUT2D eigenvalue weighted by molar-refractivity contribution is -0.384. The highest BCUT2D eigenvalue weighted by atomic mass is 19.1. The average molecular weight is 297 g/mol. The fourth-order valence-corrected chi connectivity index (χ4v) is 2.66. The molecule has 1 aliphatic heterocycles. The predicted octanol–water partition coefficient (Wildman–Crippen LogP) is 2.41. The second kappa shape index (κ2) is 5.85. The van der Waals surface area contributed by atoms with Crippen molar-refractivity contribution < 1.29 is 14.1 Å². The molecule has 0 saturated carbocycles. The molecule has 0 radical (unpaired) electrons. The minimum atomic E-state index is -0.575. The molecule has 116 valence electrons. The molecular weight excluding hydrogens is 277 g/mol. The number of hydrogen-bond donors (Lipinski definition) is 0. The second-order valence-electron chi connectivity index (χ2n) is 5.61. The van der Waals surface area contributed by atoms with E-state index in [9.17, 15) is 14.5 Å². The Labute approximate surface area is 123 Å². The third kappa shape index (κ3) is 3.24. The van der Waals surface area contributed by atoms with Crippen molar-refractivity contribution in [1.29, 1.82) is 0 Å². The van der Waals surface area contributed by atoms with E-state index in [4.69, 9.17) is 4.74 Å². The van der Waals surface area contributed by atoms with Crippen molar-refractivity contribution in [3.63, 3.8) is 0 Å². The molecule has 1 fully saturated rings. The van der Waals surface area contributed by atoms with Gasteiger partial charge in [-0.2, -0.15) is 0 Å². The highest BCUT2D eigenvalue weighted by Gasteiger charge is 2.27. The van der Waals surface area contributed by atoms with Gasteiger partial charge in [0.2, 0.25) is 0 Å². The van der Waals surface area contributed by atoms with Gasteiger partial charge < -0.3 is 14.5 Å². The largest absolute Gasteiger partial charge is 0.372 e. The van der Waals surface area contributed by atoms with E-state index in [1.165, 1.54) is 6.07 Å². The number of nitro benzene ring substituents is 1. The summed E-state index contributed by atoms with van der Waals surface area (Å²) in [6.45, 7) is 4.98. The Morgan fingerprint density at radius 2 is 1.90 bits per heavy atom. The van der Waals surface area contributed by atoms with Gasteiger partial charge >= 0.3 is 0 Å². The molecule has 1 heterocycles. The topological polar surface area (TPSA) is 58.9 Å². The number of nitrogens with zero attached hydrogens (tertiary/aromatic N) is 3. The molecule has 0 N–H and O–H groups in total. The smallest absolute Gasteiger partial charge is 0.295 e. The molecule has 0 aliphatic carbocycles. The van der Waals surface area contributed by atoms with E-state index < -0.39 is 10.7 Å². The summed E-state index contributed by atoms with van der Waals surface area (Å²) in [7, 11) is 3.41. The first-order valence-electron chi connectivity index (χ1n) is 6.85. The third-order valence-corrected chi connectivity index (χ3v) is 3.48. The molecule has 2 atom stereocenters. The molecule has 1 aromatic rings. The maximum Gasteiger partial charge on any atom is 0.295 e. The first-order valence-corrected chi connectivity index (χ1v) is 6.85. The van der Waals surface area contributed by atoms with Crippen LogP contribution in [-0.4, -0.2) is 44.3 Å². The summed E-state index contributed by atoms with van der Waals surface area (Å²) in [4.78, 5) is 14.0. The van der Waals surface area contributed by atoms with E-state index in [1.54, 1.807) is 19.0 Å². The fraction of sp³-hybridized carbons (Fsp3) is 0.571.